The average Bonchev–Trinajstić information content (AvgIpc) is 2.75. The van der Waals surface area contributed by atoms with Gasteiger partial charge in [0.15, 0.2) is 0 Å². The number of rotatable bonds is 6. The van der Waals surface area contributed by atoms with Gasteiger partial charge in [-0.3, -0.25) is 14.5 Å². The molecular weight excluding hydrogens is 330 g/mol. The number of nitrogens with one attached hydrogen (secondary N) is 2. The Morgan fingerprint density at radius 2 is 1.88 bits per heavy atom. The molecule has 4 amide bonds. The Balaban J connectivity index is 1.88. The number of amides is 4. The van der Waals surface area contributed by atoms with E-state index in [0.717, 1.165) is 30.6 Å². The second kappa shape index (κ2) is 7.97. The van der Waals surface area contributed by atoms with Gasteiger partial charge in [0, 0.05) is 6.54 Å². The zero-order valence-corrected chi connectivity index (χ0v) is 17.0. The first-order valence-electron chi connectivity index (χ1n) is 9.96. The maximum absolute atomic E-state index is 12.9. The molecule has 2 fully saturated rings. The van der Waals surface area contributed by atoms with Crippen molar-refractivity contribution in [2.75, 3.05) is 13.1 Å². The van der Waals surface area contributed by atoms with E-state index in [2.05, 4.69) is 45.3 Å². The largest absolute Gasteiger partial charge is 0.355 e. The van der Waals surface area contributed by atoms with Crippen LogP contribution in [0.5, 0.6) is 0 Å². The fourth-order valence-electron chi connectivity index (χ4n) is 4.07. The molecule has 0 aromatic heterocycles. The highest BCUT2D eigenvalue weighted by Crippen LogP contribution is 2.43. The molecule has 6 heteroatoms. The molecule has 148 valence electrons. The Morgan fingerprint density at radius 3 is 2.42 bits per heavy atom. The fourth-order valence-corrected chi connectivity index (χ4v) is 4.07. The van der Waals surface area contributed by atoms with E-state index in [1.165, 1.54) is 0 Å². The molecule has 2 N–H and O–H groups in total. The van der Waals surface area contributed by atoms with Crippen molar-refractivity contribution in [2.45, 2.75) is 78.7 Å². The molecule has 0 unspecified atom stereocenters. The molecule has 1 saturated heterocycles. The first-order chi connectivity index (χ1) is 12.0. The molecule has 1 aliphatic heterocycles. The summed E-state index contributed by atoms with van der Waals surface area (Å²) in [6, 6.07) is -0.429. The number of imide groups is 1. The van der Waals surface area contributed by atoms with Crippen LogP contribution in [-0.4, -0.2) is 41.4 Å². The third-order valence-electron chi connectivity index (χ3n) is 5.89. The van der Waals surface area contributed by atoms with Crippen LogP contribution in [0.3, 0.4) is 0 Å². The minimum Gasteiger partial charge on any atom is -0.355 e. The molecule has 0 radical (unpaired) electrons. The van der Waals surface area contributed by atoms with Gasteiger partial charge in [-0.2, -0.15) is 0 Å². The SMILES string of the molecule is CC(C)CCCNC(=O)CN1C(=O)NC2(CCC(C(C)(C)C)CC2)C1=O. The molecule has 0 aromatic carbocycles. The van der Waals surface area contributed by atoms with Crippen molar-refractivity contribution in [1.82, 2.24) is 15.5 Å². The molecule has 2 rings (SSSR count). The Bertz CT molecular complexity index is 543. The lowest BCUT2D eigenvalue weighted by Gasteiger charge is -2.40. The van der Waals surface area contributed by atoms with Crippen LogP contribution < -0.4 is 10.6 Å². The van der Waals surface area contributed by atoms with Gasteiger partial charge < -0.3 is 10.6 Å². The number of hydrogen-bond acceptors (Lipinski definition) is 3. The highest BCUT2D eigenvalue weighted by Gasteiger charge is 2.53. The zero-order valence-electron chi connectivity index (χ0n) is 17.0. The average molecular weight is 366 g/mol. The number of hydrogen-bond donors (Lipinski definition) is 2. The van der Waals surface area contributed by atoms with Gasteiger partial charge in [0.05, 0.1) is 0 Å². The standard InChI is InChI=1S/C20H35N3O3/c1-14(2)7-6-12-21-16(24)13-23-17(25)20(22-18(23)26)10-8-15(9-11-20)19(3,4)5/h14-15H,6-13H2,1-5H3,(H,21,24)(H,22,26). The molecule has 1 saturated carbocycles. The zero-order chi connectivity index (χ0) is 19.5. The quantitative estimate of drug-likeness (QED) is 0.561. The van der Waals surface area contributed by atoms with Crippen molar-refractivity contribution in [1.29, 1.82) is 0 Å². The van der Waals surface area contributed by atoms with Gasteiger partial charge in [0.2, 0.25) is 5.91 Å². The number of carbonyl (C=O) groups is 3. The van der Waals surface area contributed by atoms with Crippen molar-refractivity contribution in [3.63, 3.8) is 0 Å². The van der Waals surface area contributed by atoms with Crippen LogP contribution in [-0.2, 0) is 9.59 Å². The van der Waals surface area contributed by atoms with Gasteiger partial charge in [0.25, 0.3) is 5.91 Å². The minimum absolute atomic E-state index is 0.184. The third-order valence-corrected chi connectivity index (χ3v) is 5.89. The highest BCUT2D eigenvalue weighted by atomic mass is 16.2. The molecule has 1 aliphatic carbocycles. The van der Waals surface area contributed by atoms with Gasteiger partial charge in [-0.15, -0.1) is 0 Å². The second-order valence-electron chi connectivity index (χ2n) is 9.43. The van der Waals surface area contributed by atoms with E-state index in [1.807, 2.05) is 0 Å². The maximum Gasteiger partial charge on any atom is 0.325 e. The summed E-state index contributed by atoms with van der Waals surface area (Å²) in [7, 11) is 0. The summed E-state index contributed by atoms with van der Waals surface area (Å²) < 4.78 is 0. The molecular formula is C20H35N3O3. The summed E-state index contributed by atoms with van der Waals surface area (Å²) >= 11 is 0. The van der Waals surface area contributed by atoms with Gasteiger partial charge in [-0.05, 0) is 55.8 Å². The maximum atomic E-state index is 12.9. The molecule has 2 aliphatic rings. The van der Waals surface area contributed by atoms with E-state index in [1.54, 1.807) is 0 Å². The Labute approximate surface area is 157 Å². The fraction of sp³-hybridized carbons (Fsp3) is 0.850. The van der Waals surface area contributed by atoms with E-state index in [9.17, 15) is 14.4 Å². The lowest BCUT2D eigenvalue weighted by Crippen LogP contribution is -2.51. The molecule has 26 heavy (non-hydrogen) atoms. The Hall–Kier alpha value is -1.59. The predicted octanol–water partition coefficient (Wildman–Crippen LogP) is 3.07. The van der Waals surface area contributed by atoms with E-state index >= 15 is 0 Å². The number of nitrogens with zero attached hydrogens (tertiary/aromatic N) is 1. The first kappa shape index (κ1) is 20.7. The first-order valence-corrected chi connectivity index (χ1v) is 9.96. The molecule has 0 aromatic rings. The van der Waals surface area contributed by atoms with Crippen LogP contribution in [0.15, 0.2) is 0 Å². The van der Waals surface area contributed by atoms with Crippen molar-refractivity contribution < 1.29 is 14.4 Å². The minimum atomic E-state index is -0.795. The lowest BCUT2D eigenvalue weighted by molar-refractivity contribution is -0.136. The summed E-state index contributed by atoms with van der Waals surface area (Å²) in [5, 5.41) is 5.70. The molecule has 0 bridgehead atoms. The summed E-state index contributed by atoms with van der Waals surface area (Å²) in [4.78, 5) is 38.4. The number of carbonyl (C=O) groups excluding carboxylic acids is 3. The van der Waals surface area contributed by atoms with Crippen LogP contribution in [0.1, 0.15) is 73.1 Å². The molecule has 6 nitrogen and oxygen atoms in total. The van der Waals surface area contributed by atoms with E-state index < -0.39 is 11.6 Å². The normalized spacial score (nSPS) is 26.5. The van der Waals surface area contributed by atoms with Crippen molar-refractivity contribution in [3.8, 4) is 0 Å². The van der Waals surface area contributed by atoms with Gasteiger partial charge in [-0.1, -0.05) is 34.6 Å². The van der Waals surface area contributed by atoms with Crippen molar-refractivity contribution in [2.24, 2.45) is 17.3 Å². The second-order valence-corrected chi connectivity index (χ2v) is 9.43. The van der Waals surface area contributed by atoms with E-state index in [0.29, 0.717) is 31.2 Å². The summed E-state index contributed by atoms with van der Waals surface area (Å²) in [6.07, 6.45) is 5.11. The van der Waals surface area contributed by atoms with Gasteiger partial charge in [-0.25, -0.2) is 4.79 Å². The van der Waals surface area contributed by atoms with Crippen LogP contribution in [0.4, 0.5) is 4.79 Å². The molecule has 1 spiro atoms. The van der Waals surface area contributed by atoms with Crippen LogP contribution >= 0.6 is 0 Å². The topological polar surface area (TPSA) is 78.5 Å². The molecule has 1 heterocycles. The van der Waals surface area contributed by atoms with Crippen LogP contribution in [0, 0.1) is 17.3 Å². The van der Waals surface area contributed by atoms with Gasteiger partial charge >= 0.3 is 6.03 Å². The number of urea groups is 1. The summed E-state index contributed by atoms with van der Waals surface area (Å²) in [5.74, 6) is 0.655. The lowest BCUT2D eigenvalue weighted by atomic mass is 9.67. The van der Waals surface area contributed by atoms with E-state index in [4.69, 9.17) is 0 Å². The Kier molecular flexibility index (Phi) is 6.35. The van der Waals surface area contributed by atoms with Crippen molar-refractivity contribution in [3.05, 3.63) is 0 Å². The highest BCUT2D eigenvalue weighted by molar-refractivity contribution is 6.09. The Morgan fingerprint density at radius 1 is 1.27 bits per heavy atom. The monoisotopic (exact) mass is 365 g/mol. The van der Waals surface area contributed by atoms with E-state index in [-0.39, 0.29) is 23.8 Å². The predicted molar refractivity (Wildman–Crippen MR) is 101 cm³/mol. The van der Waals surface area contributed by atoms with Crippen LogP contribution in [0.2, 0.25) is 0 Å². The van der Waals surface area contributed by atoms with Gasteiger partial charge in [0.1, 0.15) is 12.1 Å². The summed E-state index contributed by atoms with van der Waals surface area (Å²) in [6.45, 7) is 11.4. The smallest absolute Gasteiger partial charge is 0.325 e. The molecule has 0 atom stereocenters. The third kappa shape index (κ3) is 4.77. The van der Waals surface area contributed by atoms with Crippen molar-refractivity contribution >= 4 is 17.8 Å². The summed E-state index contributed by atoms with van der Waals surface area (Å²) in [5.41, 5.74) is -0.584. The van der Waals surface area contributed by atoms with Crippen LogP contribution in [0.25, 0.3) is 0 Å².